The second kappa shape index (κ2) is 7.88. The molecule has 0 bridgehead atoms. The quantitative estimate of drug-likeness (QED) is 0.727. The third-order valence-electron chi connectivity index (χ3n) is 6.43. The zero-order valence-electron chi connectivity index (χ0n) is 18.4. The maximum Gasteiger partial charge on any atom is 0.341 e. The van der Waals surface area contributed by atoms with Gasteiger partial charge in [-0.25, -0.2) is 13.6 Å². The molecule has 2 heterocycles. The van der Waals surface area contributed by atoms with Gasteiger partial charge in [-0.2, -0.15) is 0 Å². The predicted octanol–water partition coefficient (Wildman–Crippen LogP) is 3.60. The Morgan fingerprint density at radius 2 is 2.06 bits per heavy atom. The van der Waals surface area contributed by atoms with Crippen LogP contribution in [0.2, 0.25) is 0 Å². The number of carboxylic acid groups (broad SMARTS) is 1. The van der Waals surface area contributed by atoms with Crippen molar-refractivity contribution in [1.29, 1.82) is 0 Å². The topological polar surface area (TPSA) is 97.8 Å². The largest absolute Gasteiger partial charge is 0.492 e. The molecular weight excluding hydrogens is 420 g/mol. The monoisotopic (exact) mass is 447 g/mol. The first-order valence-corrected chi connectivity index (χ1v) is 10.6. The number of aromatic nitrogens is 1. The van der Waals surface area contributed by atoms with Crippen molar-refractivity contribution in [2.45, 2.75) is 39.2 Å². The van der Waals surface area contributed by atoms with Crippen molar-refractivity contribution >= 4 is 22.6 Å². The summed E-state index contributed by atoms with van der Waals surface area (Å²) in [6.45, 7) is 4.27. The number of carboxylic acids is 1. The summed E-state index contributed by atoms with van der Waals surface area (Å²) < 4.78 is 37.1. The number of nitrogens with two attached hydrogens (primary N) is 1. The number of pyridine rings is 1. The van der Waals surface area contributed by atoms with Crippen LogP contribution in [0.25, 0.3) is 10.9 Å². The van der Waals surface area contributed by atoms with Gasteiger partial charge in [-0.15, -0.1) is 0 Å². The molecule has 9 heteroatoms. The van der Waals surface area contributed by atoms with E-state index >= 15 is 4.39 Å². The smallest absolute Gasteiger partial charge is 0.341 e. The molecule has 32 heavy (non-hydrogen) atoms. The summed E-state index contributed by atoms with van der Waals surface area (Å²) in [6.07, 6.45) is 3.36. The minimum absolute atomic E-state index is 0.0226. The SMILES string of the molecule is COc1c(N2CCC(=C(F)CN)C(C)(C)C2)c(F)cc2c(=O)c(C(=O)O)cn(C3CC3)c12. The Bertz CT molecular complexity index is 1200. The van der Waals surface area contributed by atoms with E-state index in [1.165, 1.54) is 13.3 Å². The first kappa shape index (κ1) is 22.3. The fourth-order valence-corrected chi connectivity index (χ4v) is 4.78. The van der Waals surface area contributed by atoms with Gasteiger partial charge in [0.2, 0.25) is 5.43 Å². The number of benzene rings is 1. The van der Waals surface area contributed by atoms with E-state index in [9.17, 15) is 19.1 Å². The first-order valence-electron chi connectivity index (χ1n) is 10.6. The fraction of sp³-hybridized carbons (Fsp3) is 0.478. The summed E-state index contributed by atoms with van der Waals surface area (Å²) in [6, 6.07) is 1.12. The molecule has 2 fully saturated rings. The number of carbonyl (C=O) groups is 1. The molecule has 0 unspecified atom stereocenters. The molecule has 0 amide bonds. The van der Waals surface area contributed by atoms with Crippen LogP contribution in [0.3, 0.4) is 0 Å². The highest BCUT2D eigenvalue weighted by Gasteiger charge is 2.37. The van der Waals surface area contributed by atoms with Gasteiger partial charge in [-0.05, 0) is 30.9 Å². The van der Waals surface area contributed by atoms with E-state index in [4.69, 9.17) is 10.5 Å². The van der Waals surface area contributed by atoms with E-state index in [0.717, 1.165) is 18.9 Å². The zero-order chi connectivity index (χ0) is 23.4. The van der Waals surface area contributed by atoms with E-state index < -0.39 is 28.2 Å². The van der Waals surface area contributed by atoms with Crippen LogP contribution >= 0.6 is 0 Å². The fourth-order valence-electron chi connectivity index (χ4n) is 4.78. The molecular formula is C23H27F2N3O4. The molecule has 4 rings (SSSR count). The van der Waals surface area contributed by atoms with Crippen LogP contribution in [0.15, 0.2) is 28.5 Å². The summed E-state index contributed by atoms with van der Waals surface area (Å²) in [5.74, 6) is -2.19. The second-order valence-electron chi connectivity index (χ2n) is 9.09. The molecule has 1 saturated carbocycles. The predicted molar refractivity (Wildman–Crippen MR) is 118 cm³/mol. The Morgan fingerprint density at radius 1 is 1.38 bits per heavy atom. The molecule has 1 aromatic carbocycles. The van der Waals surface area contributed by atoms with Crippen molar-refractivity contribution < 1.29 is 23.4 Å². The van der Waals surface area contributed by atoms with Crippen LogP contribution < -0.4 is 20.8 Å². The van der Waals surface area contributed by atoms with Gasteiger partial charge in [0, 0.05) is 37.3 Å². The van der Waals surface area contributed by atoms with Crippen molar-refractivity contribution in [3.63, 3.8) is 0 Å². The molecule has 0 spiro atoms. The van der Waals surface area contributed by atoms with Crippen LogP contribution in [0, 0.1) is 11.2 Å². The van der Waals surface area contributed by atoms with Crippen LogP contribution in [0.1, 0.15) is 49.5 Å². The van der Waals surface area contributed by atoms with Gasteiger partial charge >= 0.3 is 5.97 Å². The number of piperidine rings is 1. The maximum atomic E-state index is 15.5. The van der Waals surface area contributed by atoms with Crippen LogP contribution in [0.5, 0.6) is 5.75 Å². The Balaban J connectivity index is 1.93. The van der Waals surface area contributed by atoms with Gasteiger partial charge in [0.1, 0.15) is 17.1 Å². The summed E-state index contributed by atoms with van der Waals surface area (Å²) >= 11 is 0. The Morgan fingerprint density at radius 3 is 2.59 bits per heavy atom. The molecule has 172 valence electrons. The number of ether oxygens (including phenoxy) is 1. The summed E-state index contributed by atoms with van der Waals surface area (Å²) in [7, 11) is 1.40. The Kier molecular flexibility index (Phi) is 5.48. The lowest BCUT2D eigenvalue weighted by molar-refractivity contribution is 0.0694. The molecule has 0 atom stereocenters. The number of anilines is 1. The molecule has 2 aliphatic rings. The van der Waals surface area contributed by atoms with Crippen molar-refractivity contribution in [2.75, 3.05) is 31.6 Å². The second-order valence-corrected chi connectivity index (χ2v) is 9.09. The third-order valence-corrected chi connectivity index (χ3v) is 6.43. The Labute approximate surface area is 184 Å². The van der Waals surface area contributed by atoms with Crippen molar-refractivity contribution in [2.24, 2.45) is 11.1 Å². The molecule has 7 nitrogen and oxygen atoms in total. The molecule has 1 aromatic heterocycles. The van der Waals surface area contributed by atoms with Gasteiger partial charge < -0.3 is 25.0 Å². The van der Waals surface area contributed by atoms with Gasteiger partial charge in [-0.3, -0.25) is 4.79 Å². The number of aromatic carboxylic acids is 1. The van der Waals surface area contributed by atoms with E-state index in [2.05, 4.69) is 0 Å². The average Bonchev–Trinajstić information content (AvgIpc) is 3.57. The van der Waals surface area contributed by atoms with Gasteiger partial charge in [0.15, 0.2) is 11.6 Å². The molecule has 1 saturated heterocycles. The van der Waals surface area contributed by atoms with Crippen LogP contribution in [0.4, 0.5) is 14.5 Å². The number of fused-ring (bicyclic) bond motifs is 1. The third kappa shape index (κ3) is 3.54. The lowest BCUT2D eigenvalue weighted by Crippen LogP contribution is -2.43. The van der Waals surface area contributed by atoms with E-state index in [0.29, 0.717) is 30.6 Å². The van der Waals surface area contributed by atoms with Gasteiger partial charge in [0.05, 0.1) is 18.0 Å². The van der Waals surface area contributed by atoms with Crippen LogP contribution in [-0.4, -0.2) is 42.4 Å². The van der Waals surface area contributed by atoms with Crippen molar-refractivity contribution in [3.8, 4) is 5.75 Å². The van der Waals surface area contributed by atoms with Crippen molar-refractivity contribution in [3.05, 3.63) is 45.3 Å². The summed E-state index contributed by atoms with van der Waals surface area (Å²) in [5, 5.41) is 9.44. The molecule has 0 radical (unpaired) electrons. The average molecular weight is 447 g/mol. The molecule has 2 aromatic rings. The van der Waals surface area contributed by atoms with E-state index in [1.807, 2.05) is 13.8 Å². The minimum Gasteiger partial charge on any atom is -0.492 e. The minimum atomic E-state index is -1.35. The maximum absolute atomic E-state index is 15.5. The van der Waals surface area contributed by atoms with Gasteiger partial charge in [0.25, 0.3) is 0 Å². The standard InChI is InChI=1S/C23H27F2N3O4/c1-23(2)11-27(7-6-15(23)17(25)9-26)19-16(24)8-13-18(21(19)32-3)28(12-4-5-12)10-14(20(13)29)22(30)31/h8,10,12H,4-7,9,11,26H2,1-3H3,(H,30,31). The lowest BCUT2D eigenvalue weighted by atomic mass is 9.78. The number of halogens is 2. The highest BCUT2D eigenvalue weighted by molar-refractivity contribution is 5.97. The van der Waals surface area contributed by atoms with E-state index in [-0.39, 0.29) is 35.2 Å². The first-order chi connectivity index (χ1) is 15.1. The lowest BCUT2D eigenvalue weighted by Gasteiger charge is -2.42. The highest BCUT2D eigenvalue weighted by Crippen LogP contribution is 2.46. The van der Waals surface area contributed by atoms with E-state index in [1.54, 1.807) is 9.47 Å². The molecule has 1 aliphatic carbocycles. The summed E-state index contributed by atoms with van der Waals surface area (Å²) in [5.41, 5.74) is 4.96. The normalized spacial score (nSPS) is 19.9. The Hall–Kier alpha value is -2.94. The number of nitrogens with zero attached hydrogens (tertiary/aromatic N) is 2. The van der Waals surface area contributed by atoms with Gasteiger partial charge in [-0.1, -0.05) is 13.8 Å². The summed E-state index contributed by atoms with van der Waals surface area (Å²) in [4.78, 5) is 26.2. The number of hydrogen-bond donors (Lipinski definition) is 2. The number of rotatable bonds is 5. The number of hydrogen-bond acceptors (Lipinski definition) is 5. The zero-order valence-corrected chi connectivity index (χ0v) is 18.4. The van der Waals surface area contributed by atoms with Crippen molar-refractivity contribution in [1.82, 2.24) is 4.57 Å². The number of methoxy groups -OCH3 is 1. The van der Waals surface area contributed by atoms with Crippen LogP contribution in [-0.2, 0) is 0 Å². The molecule has 3 N–H and O–H groups in total. The molecule has 1 aliphatic heterocycles. The highest BCUT2D eigenvalue weighted by atomic mass is 19.1.